The zero-order valence-electron chi connectivity index (χ0n) is 20.2. The van der Waals surface area contributed by atoms with Crippen LogP contribution in [0.3, 0.4) is 0 Å². The minimum Gasteiger partial charge on any atom is -0.497 e. The molecule has 3 rings (SSSR count). The van der Waals surface area contributed by atoms with Gasteiger partial charge in [0.25, 0.3) is 0 Å². The Morgan fingerprint density at radius 1 is 0.735 bits per heavy atom. The Morgan fingerprint density at radius 3 is 1.85 bits per heavy atom. The van der Waals surface area contributed by atoms with E-state index in [4.69, 9.17) is 18.9 Å². The Kier molecular flexibility index (Phi) is 9.03. The van der Waals surface area contributed by atoms with Crippen LogP contribution in [0.2, 0.25) is 0 Å². The summed E-state index contributed by atoms with van der Waals surface area (Å²) in [5.74, 6) is 2.20. The molecule has 3 aromatic rings. The van der Waals surface area contributed by atoms with Crippen LogP contribution in [-0.2, 0) is 17.8 Å². The van der Waals surface area contributed by atoms with Gasteiger partial charge in [0.1, 0.15) is 30.5 Å². The number of carbonyl (C=O) groups is 1. The van der Waals surface area contributed by atoms with Crippen molar-refractivity contribution in [2.24, 2.45) is 0 Å². The molecule has 34 heavy (non-hydrogen) atoms. The van der Waals surface area contributed by atoms with Crippen molar-refractivity contribution < 1.29 is 23.7 Å². The molecular formula is C27H32N2O5. The van der Waals surface area contributed by atoms with Gasteiger partial charge in [0.05, 0.1) is 14.2 Å². The molecule has 0 heterocycles. The molecule has 0 N–H and O–H groups in total. The van der Waals surface area contributed by atoms with Gasteiger partial charge in [0.2, 0.25) is 0 Å². The van der Waals surface area contributed by atoms with Gasteiger partial charge in [-0.05, 0) is 47.5 Å². The summed E-state index contributed by atoms with van der Waals surface area (Å²) < 4.78 is 22.0. The highest BCUT2D eigenvalue weighted by Crippen LogP contribution is 2.20. The average Bonchev–Trinajstić information content (AvgIpc) is 2.86. The third-order valence-electron chi connectivity index (χ3n) is 5.18. The van der Waals surface area contributed by atoms with Crippen LogP contribution >= 0.6 is 0 Å². The second kappa shape index (κ2) is 12.4. The smallest absolute Gasteiger partial charge is 0.410 e. The quantitative estimate of drug-likeness (QED) is 0.373. The van der Waals surface area contributed by atoms with Gasteiger partial charge in [0.15, 0.2) is 0 Å². The molecule has 0 unspecified atom stereocenters. The third kappa shape index (κ3) is 7.33. The number of amides is 1. The van der Waals surface area contributed by atoms with Gasteiger partial charge in [0, 0.05) is 38.9 Å². The fourth-order valence-electron chi connectivity index (χ4n) is 3.40. The predicted molar refractivity (Wildman–Crippen MR) is 133 cm³/mol. The summed E-state index contributed by atoms with van der Waals surface area (Å²) >= 11 is 0. The van der Waals surface area contributed by atoms with E-state index in [1.807, 2.05) is 91.8 Å². The average molecular weight is 465 g/mol. The van der Waals surface area contributed by atoms with Crippen LogP contribution in [-0.4, -0.2) is 52.5 Å². The molecule has 3 aromatic carbocycles. The van der Waals surface area contributed by atoms with E-state index in [-0.39, 0.29) is 13.2 Å². The molecule has 0 saturated carbocycles. The van der Waals surface area contributed by atoms with Crippen LogP contribution in [0, 0.1) is 0 Å². The molecule has 1 amide bonds. The lowest BCUT2D eigenvalue weighted by atomic mass is 10.1. The molecule has 0 spiro atoms. The van der Waals surface area contributed by atoms with Gasteiger partial charge in [-0.1, -0.05) is 30.3 Å². The highest BCUT2D eigenvalue weighted by atomic mass is 16.6. The van der Waals surface area contributed by atoms with Gasteiger partial charge in [-0.15, -0.1) is 0 Å². The van der Waals surface area contributed by atoms with E-state index in [2.05, 4.69) is 0 Å². The zero-order chi connectivity index (χ0) is 24.3. The third-order valence-corrected chi connectivity index (χ3v) is 5.18. The fourth-order valence-corrected chi connectivity index (χ4v) is 3.40. The lowest BCUT2D eigenvalue weighted by molar-refractivity contribution is 0.0836. The van der Waals surface area contributed by atoms with Crippen LogP contribution in [0.25, 0.3) is 0 Å². The normalized spacial score (nSPS) is 10.4. The molecule has 0 bridgehead atoms. The van der Waals surface area contributed by atoms with Gasteiger partial charge in [-0.2, -0.15) is 0 Å². The Balaban J connectivity index is 1.63. The maximum absolute atomic E-state index is 13.0. The summed E-state index contributed by atoms with van der Waals surface area (Å²) in [4.78, 5) is 16.6. The van der Waals surface area contributed by atoms with Gasteiger partial charge in [-0.25, -0.2) is 4.79 Å². The number of rotatable bonds is 11. The Labute approximate surface area is 201 Å². The van der Waals surface area contributed by atoms with E-state index in [1.54, 1.807) is 19.1 Å². The summed E-state index contributed by atoms with van der Waals surface area (Å²) in [6, 6.07) is 23.0. The second-order valence-corrected chi connectivity index (χ2v) is 7.91. The van der Waals surface area contributed by atoms with Gasteiger partial charge >= 0.3 is 6.09 Å². The van der Waals surface area contributed by atoms with E-state index in [0.29, 0.717) is 13.1 Å². The molecule has 0 atom stereocenters. The molecule has 0 aliphatic rings. The topological polar surface area (TPSA) is 60.5 Å². The lowest BCUT2D eigenvalue weighted by Crippen LogP contribution is -2.31. The molecule has 0 aliphatic carbocycles. The van der Waals surface area contributed by atoms with Gasteiger partial charge < -0.3 is 23.8 Å². The van der Waals surface area contributed by atoms with Gasteiger partial charge in [-0.3, -0.25) is 4.90 Å². The van der Waals surface area contributed by atoms with Crippen LogP contribution in [0.4, 0.5) is 10.5 Å². The number of anilines is 1. The van der Waals surface area contributed by atoms with Crippen molar-refractivity contribution in [2.45, 2.75) is 13.1 Å². The molecule has 7 heteroatoms. The van der Waals surface area contributed by atoms with E-state index in [0.717, 1.165) is 34.1 Å². The molecular weight excluding hydrogens is 432 g/mol. The number of nitrogens with zero attached hydrogens (tertiary/aromatic N) is 2. The number of methoxy groups -OCH3 is 2. The monoisotopic (exact) mass is 464 g/mol. The SMILES string of the molecule is COc1cccc(CN(Cc2cccc(OC)c2)C(=O)OCCOc2cccc(N(C)C)c2)c1. The van der Waals surface area contributed by atoms with Crippen LogP contribution < -0.4 is 19.1 Å². The first-order valence-electron chi connectivity index (χ1n) is 11.1. The van der Waals surface area contributed by atoms with Crippen molar-refractivity contribution in [2.75, 3.05) is 46.4 Å². The van der Waals surface area contributed by atoms with E-state index >= 15 is 0 Å². The number of hydrogen-bond acceptors (Lipinski definition) is 6. The number of ether oxygens (including phenoxy) is 4. The van der Waals surface area contributed by atoms with E-state index in [1.165, 1.54) is 0 Å². The molecule has 0 fully saturated rings. The summed E-state index contributed by atoms with van der Waals surface area (Å²) in [7, 11) is 7.19. The highest BCUT2D eigenvalue weighted by molar-refractivity contribution is 5.67. The minimum atomic E-state index is -0.420. The Morgan fingerprint density at radius 2 is 1.29 bits per heavy atom. The number of benzene rings is 3. The first-order chi connectivity index (χ1) is 16.5. The maximum atomic E-state index is 13.0. The molecule has 7 nitrogen and oxygen atoms in total. The van der Waals surface area contributed by atoms with E-state index < -0.39 is 6.09 Å². The fraction of sp³-hybridized carbons (Fsp3) is 0.296. The van der Waals surface area contributed by atoms with Crippen molar-refractivity contribution in [3.63, 3.8) is 0 Å². The largest absolute Gasteiger partial charge is 0.497 e. The van der Waals surface area contributed by atoms with Crippen molar-refractivity contribution in [3.8, 4) is 17.2 Å². The summed E-state index contributed by atoms with van der Waals surface area (Å²) in [5.41, 5.74) is 2.92. The number of hydrogen-bond donors (Lipinski definition) is 0. The molecule has 0 saturated heterocycles. The van der Waals surface area contributed by atoms with Crippen molar-refractivity contribution in [3.05, 3.63) is 83.9 Å². The highest BCUT2D eigenvalue weighted by Gasteiger charge is 2.17. The zero-order valence-corrected chi connectivity index (χ0v) is 20.2. The summed E-state index contributed by atoms with van der Waals surface area (Å²) in [5, 5.41) is 0. The predicted octanol–water partition coefficient (Wildman–Crippen LogP) is 4.99. The van der Waals surface area contributed by atoms with Crippen molar-refractivity contribution in [1.29, 1.82) is 0 Å². The summed E-state index contributed by atoms with van der Waals surface area (Å²) in [6.07, 6.45) is -0.420. The van der Waals surface area contributed by atoms with Crippen molar-refractivity contribution in [1.82, 2.24) is 4.90 Å². The second-order valence-electron chi connectivity index (χ2n) is 7.91. The Hall–Kier alpha value is -3.87. The number of carbonyl (C=O) groups excluding carboxylic acids is 1. The molecule has 0 aromatic heterocycles. The minimum absolute atomic E-state index is 0.137. The van der Waals surface area contributed by atoms with Crippen LogP contribution in [0.5, 0.6) is 17.2 Å². The van der Waals surface area contributed by atoms with Crippen molar-refractivity contribution >= 4 is 11.8 Å². The molecule has 180 valence electrons. The molecule has 0 radical (unpaired) electrons. The lowest BCUT2D eigenvalue weighted by Gasteiger charge is -2.23. The Bertz CT molecular complexity index is 1020. The summed E-state index contributed by atoms with van der Waals surface area (Å²) in [6.45, 7) is 1.14. The van der Waals surface area contributed by atoms with Crippen LogP contribution in [0.1, 0.15) is 11.1 Å². The first kappa shape index (κ1) is 24.8. The van der Waals surface area contributed by atoms with E-state index in [9.17, 15) is 4.79 Å². The molecule has 0 aliphatic heterocycles. The van der Waals surface area contributed by atoms with Crippen LogP contribution in [0.15, 0.2) is 72.8 Å². The standard InChI is InChI=1S/C27H32N2O5/c1-28(2)23-10-7-13-26(18-23)33-14-15-34-27(30)29(19-21-8-5-11-24(16-21)31-3)20-22-9-6-12-25(17-22)32-4/h5-13,16-18H,14-15,19-20H2,1-4H3. The maximum Gasteiger partial charge on any atom is 0.410 e. The first-order valence-corrected chi connectivity index (χ1v) is 11.1.